The van der Waals surface area contributed by atoms with Crippen molar-refractivity contribution in [1.29, 1.82) is 0 Å². The summed E-state index contributed by atoms with van der Waals surface area (Å²) in [6.45, 7) is 1.47. The second kappa shape index (κ2) is 7.72. The Kier molecular flexibility index (Phi) is 5.40. The molecule has 1 N–H and O–H groups in total. The summed E-state index contributed by atoms with van der Waals surface area (Å²) in [5.41, 5.74) is 0.394. The molecule has 1 unspecified atom stereocenters. The van der Waals surface area contributed by atoms with Gasteiger partial charge < -0.3 is 10.1 Å². The molecular weight excluding hydrogens is 375 g/mol. The van der Waals surface area contributed by atoms with Crippen LogP contribution in [-0.4, -0.2) is 23.0 Å². The van der Waals surface area contributed by atoms with Crippen LogP contribution in [0.2, 0.25) is 10.0 Å². The fourth-order valence-electron chi connectivity index (χ4n) is 2.41. The first-order valence-corrected chi connectivity index (χ1v) is 8.52. The van der Waals surface area contributed by atoms with Crippen LogP contribution in [0.1, 0.15) is 17.3 Å². The zero-order valence-electron chi connectivity index (χ0n) is 13.7. The van der Waals surface area contributed by atoms with Gasteiger partial charge in [-0.2, -0.15) is 0 Å². The lowest BCUT2D eigenvalue weighted by atomic mass is 10.0. The predicted octanol–water partition coefficient (Wildman–Crippen LogP) is 4.73. The minimum Gasteiger partial charge on any atom is -0.449 e. The Morgan fingerprint density at radius 2 is 1.85 bits per heavy atom. The molecular formula is C19H14Cl2N2O3. The van der Waals surface area contributed by atoms with E-state index in [0.717, 1.165) is 10.8 Å². The second-order valence-corrected chi connectivity index (χ2v) is 6.39. The summed E-state index contributed by atoms with van der Waals surface area (Å²) < 4.78 is 5.29. The van der Waals surface area contributed by atoms with Crippen LogP contribution in [0, 0.1) is 0 Å². The summed E-state index contributed by atoms with van der Waals surface area (Å²) in [5.74, 6) is -0.982. The Morgan fingerprint density at radius 1 is 1.12 bits per heavy atom. The zero-order valence-corrected chi connectivity index (χ0v) is 15.2. The molecule has 1 atom stereocenters. The maximum absolute atomic E-state index is 12.5. The molecule has 26 heavy (non-hydrogen) atoms. The lowest BCUT2D eigenvalue weighted by Gasteiger charge is -2.14. The Morgan fingerprint density at radius 3 is 2.62 bits per heavy atom. The smallest absolute Gasteiger partial charge is 0.339 e. The number of ether oxygens (including phenoxy) is 1. The van der Waals surface area contributed by atoms with Gasteiger partial charge >= 0.3 is 5.97 Å². The third kappa shape index (κ3) is 3.95. The van der Waals surface area contributed by atoms with E-state index >= 15 is 0 Å². The molecule has 0 radical (unpaired) electrons. The SMILES string of the molecule is CC(OC(=O)c1cccc2ccccc12)C(=O)Nc1ncc(Cl)cc1Cl. The molecule has 5 nitrogen and oxygen atoms in total. The first kappa shape index (κ1) is 18.2. The van der Waals surface area contributed by atoms with E-state index in [1.54, 1.807) is 12.1 Å². The van der Waals surface area contributed by atoms with Gasteiger partial charge in [-0.15, -0.1) is 0 Å². The number of hydrogen-bond donors (Lipinski definition) is 1. The average Bonchev–Trinajstić information content (AvgIpc) is 2.63. The van der Waals surface area contributed by atoms with Crippen molar-refractivity contribution in [2.75, 3.05) is 5.32 Å². The molecule has 3 rings (SSSR count). The third-order valence-corrected chi connectivity index (χ3v) is 4.21. The van der Waals surface area contributed by atoms with E-state index < -0.39 is 18.0 Å². The summed E-state index contributed by atoms with van der Waals surface area (Å²) in [7, 11) is 0. The van der Waals surface area contributed by atoms with Crippen LogP contribution < -0.4 is 5.32 Å². The number of rotatable bonds is 4. The van der Waals surface area contributed by atoms with Gasteiger partial charge in [0.2, 0.25) is 0 Å². The topological polar surface area (TPSA) is 68.3 Å². The van der Waals surface area contributed by atoms with Crippen LogP contribution in [0.25, 0.3) is 10.8 Å². The van der Waals surface area contributed by atoms with Gasteiger partial charge in [0.15, 0.2) is 11.9 Å². The molecule has 0 saturated carbocycles. The first-order valence-electron chi connectivity index (χ1n) is 7.76. The molecule has 0 spiro atoms. The molecule has 1 aromatic heterocycles. The van der Waals surface area contributed by atoms with Gasteiger partial charge in [-0.1, -0.05) is 59.6 Å². The van der Waals surface area contributed by atoms with E-state index in [4.69, 9.17) is 27.9 Å². The number of benzene rings is 2. The number of amides is 1. The molecule has 2 aromatic carbocycles. The van der Waals surface area contributed by atoms with Crippen LogP contribution in [0.4, 0.5) is 5.82 Å². The van der Waals surface area contributed by atoms with E-state index in [2.05, 4.69) is 10.3 Å². The average molecular weight is 389 g/mol. The highest BCUT2D eigenvalue weighted by molar-refractivity contribution is 6.36. The van der Waals surface area contributed by atoms with Gasteiger partial charge in [0.05, 0.1) is 15.6 Å². The standard InChI is InChI=1S/C19H14Cl2N2O3/c1-11(18(24)23-17-16(21)9-13(20)10-22-17)26-19(25)15-8-4-6-12-5-2-3-7-14(12)15/h2-11H,1H3,(H,22,23,24). The van der Waals surface area contributed by atoms with Crippen LogP contribution in [-0.2, 0) is 9.53 Å². The molecule has 0 fully saturated rings. The van der Waals surface area contributed by atoms with Gasteiger partial charge in [0, 0.05) is 6.20 Å². The van der Waals surface area contributed by atoms with Crippen molar-refractivity contribution in [2.45, 2.75) is 13.0 Å². The van der Waals surface area contributed by atoms with Gasteiger partial charge in [-0.05, 0) is 29.8 Å². The van der Waals surface area contributed by atoms with Crippen LogP contribution in [0.3, 0.4) is 0 Å². The van der Waals surface area contributed by atoms with E-state index in [9.17, 15) is 9.59 Å². The number of carbonyl (C=O) groups excluding carboxylic acids is 2. The molecule has 0 bridgehead atoms. The van der Waals surface area contributed by atoms with Crippen molar-refractivity contribution in [2.24, 2.45) is 0 Å². The maximum Gasteiger partial charge on any atom is 0.339 e. The number of nitrogens with zero attached hydrogens (tertiary/aromatic N) is 1. The highest BCUT2D eigenvalue weighted by atomic mass is 35.5. The zero-order chi connectivity index (χ0) is 18.7. The van der Waals surface area contributed by atoms with Gasteiger partial charge in [-0.3, -0.25) is 4.79 Å². The van der Waals surface area contributed by atoms with E-state index in [1.165, 1.54) is 19.2 Å². The number of fused-ring (bicyclic) bond motifs is 1. The number of pyridine rings is 1. The molecule has 3 aromatic rings. The van der Waals surface area contributed by atoms with E-state index in [1.807, 2.05) is 30.3 Å². The van der Waals surface area contributed by atoms with Gasteiger partial charge in [0.1, 0.15) is 0 Å². The number of halogens is 2. The van der Waals surface area contributed by atoms with Crippen molar-refractivity contribution >= 4 is 51.7 Å². The minimum absolute atomic E-state index is 0.147. The van der Waals surface area contributed by atoms with Crippen molar-refractivity contribution in [1.82, 2.24) is 4.98 Å². The van der Waals surface area contributed by atoms with E-state index in [-0.39, 0.29) is 10.8 Å². The molecule has 0 aliphatic carbocycles. The Balaban J connectivity index is 1.73. The van der Waals surface area contributed by atoms with Crippen molar-refractivity contribution in [3.8, 4) is 0 Å². The second-order valence-electron chi connectivity index (χ2n) is 5.55. The van der Waals surface area contributed by atoms with Gasteiger partial charge in [-0.25, -0.2) is 9.78 Å². The summed E-state index contributed by atoms with van der Waals surface area (Å²) in [6, 6.07) is 14.2. The van der Waals surface area contributed by atoms with Gasteiger partial charge in [0.25, 0.3) is 5.91 Å². The largest absolute Gasteiger partial charge is 0.449 e. The Labute approximate surface area is 159 Å². The number of anilines is 1. The number of esters is 1. The highest BCUT2D eigenvalue weighted by Crippen LogP contribution is 2.23. The van der Waals surface area contributed by atoms with Crippen molar-refractivity contribution in [3.63, 3.8) is 0 Å². The predicted molar refractivity (Wildman–Crippen MR) is 102 cm³/mol. The quantitative estimate of drug-likeness (QED) is 0.656. The van der Waals surface area contributed by atoms with Crippen LogP contribution in [0.15, 0.2) is 54.7 Å². The molecule has 7 heteroatoms. The number of nitrogens with one attached hydrogen (secondary N) is 1. The molecule has 0 aliphatic rings. The fourth-order valence-corrected chi connectivity index (χ4v) is 2.83. The molecule has 0 aliphatic heterocycles. The number of aromatic nitrogens is 1. The highest BCUT2D eigenvalue weighted by Gasteiger charge is 2.21. The lowest BCUT2D eigenvalue weighted by Crippen LogP contribution is -2.30. The summed E-state index contributed by atoms with van der Waals surface area (Å²) in [4.78, 5) is 28.7. The van der Waals surface area contributed by atoms with Crippen LogP contribution in [0.5, 0.6) is 0 Å². The summed E-state index contributed by atoms with van der Waals surface area (Å²) >= 11 is 11.7. The van der Waals surface area contributed by atoms with E-state index in [0.29, 0.717) is 10.6 Å². The Hall–Kier alpha value is -2.63. The fraction of sp³-hybridized carbons (Fsp3) is 0.105. The number of carbonyl (C=O) groups is 2. The summed E-state index contributed by atoms with van der Waals surface area (Å²) in [5, 5.41) is 4.73. The lowest BCUT2D eigenvalue weighted by molar-refractivity contribution is -0.123. The molecule has 132 valence electrons. The van der Waals surface area contributed by atoms with Crippen molar-refractivity contribution in [3.05, 3.63) is 70.3 Å². The van der Waals surface area contributed by atoms with Crippen molar-refractivity contribution < 1.29 is 14.3 Å². The molecule has 1 amide bonds. The molecule has 0 saturated heterocycles. The first-order chi connectivity index (χ1) is 12.5. The minimum atomic E-state index is -1.03. The monoisotopic (exact) mass is 388 g/mol. The third-order valence-electron chi connectivity index (χ3n) is 3.71. The van der Waals surface area contributed by atoms with Crippen LogP contribution >= 0.6 is 23.2 Å². The summed E-state index contributed by atoms with van der Waals surface area (Å²) in [6.07, 6.45) is 0.325. The number of hydrogen-bond acceptors (Lipinski definition) is 4. The Bertz CT molecular complexity index is 986. The molecule has 1 heterocycles. The maximum atomic E-state index is 12.5. The normalized spacial score (nSPS) is 11.8.